The Kier molecular flexibility index (Phi) is 4.06. The molecule has 1 amide bonds. The number of nitrogens with zero attached hydrogens (tertiary/aromatic N) is 3. The molecule has 1 heterocycles. The van der Waals surface area contributed by atoms with Gasteiger partial charge < -0.3 is 10.2 Å². The fourth-order valence-corrected chi connectivity index (χ4v) is 2.26. The summed E-state index contributed by atoms with van der Waals surface area (Å²) in [6.07, 6.45) is 0. The van der Waals surface area contributed by atoms with Gasteiger partial charge in [-0.05, 0) is 25.1 Å². The fourth-order valence-electron chi connectivity index (χ4n) is 1.48. The summed E-state index contributed by atoms with van der Waals surface area (Å²) >= 11 is 1.17. The first-order valence-electron chi connectivity index (χ1n) is 5.73. The second-order valence-electron chi connectivity index (χ2n) is 3.79. The number of carbonyl (C=O) groups is 1. The second-order valence-corrected chi connectivity index (χ2v) is 4.76. The zero-order valence-electron chi connectivity index (χ0n) is 10.6. The molecule has 1 aromatic carbocycles. The molecule has 2 aromatic rings. The standard InChI is InChI=1S/C12H13FN4OS/c1-3-14-12-16-15-10(19-12)11(18)17(2)9-6-4-5-8(13)7-9/h4-7H,3H2,1-2H3,(H,14,16). The largest absolute Gasteiger partial charge is 0.360 e. The zero-order chi connectivity index (χ0) is 13.8. The Morgan fingerprint density at radius 2 is 2.26 bits per heavy atom. The minimum absolute atomic E-state index is 0.266. The highest BCUT2D eigenvalue weighted by Gasteiger charge is 2.18. The molecule has 2 rings (SSSR count). The molecule has 0 atom stereocenters. The van der Waals surface area contributed by atoms with Crippen molar-refractivity contribution < 1.29 is 9.18 Å². The van der Waals surface area contributed by atoms with Crippen LogP contribution in [0.1, 0.15) is 16.7 Å². The van der Waals surface area contributed by atoms with E-state index in [4.69, 9.17) is 0 Å². The van der Waals surface area contributed by atoms with E-state index < -0.39 is 0 Å². The molecule has 0 saturated heterocycles. The van der Waals surface area contributed by atoms with E-state index in [0.29, 0.717) is 17.4 Å². The zero-order valence-corrected chi connectivity index (χ0v) is 11.4. The van der Waals surface area contributed by atoms with Crippen molar-refractivity contribution in [2.24, 2.45) is 0 Å². The lowest BCUT2D eigenvalue weighted by Crippen LogP contribution is -2.26. The molecule has 7 heteroatoms. The van der Waals surface area contributed by atoms with Crippen LogP contribution in [0.25, 0.3) is 0 Å². The quantitative estimate of drug-likeness (QED) is 0.934. The lowest BCUT2D eigenvalue weighted by molar-refractivity contribution is 0.0992. The number of benzene rings is 1. The summed E-state index contributed by atoms with van der Waals surface area (Å²) in [6.45, 7) is 2.64. The highest BCUT2D eigenvalue weighted by Crippen LogP contribution is 2.20. The fraction of sp³-hybridized carbons (Fsp3) is 0.250. The summed E-state index contributed by atoms with van der Waals surface area (Å²) in [5, 5.41) is 11.5. The smallest absolute Gasteiger partial charge is 0.289 e. The van der Waals surface area contributed by atoms with Crippen LogP contribution in [0.15, 0.2) is 24.3 Å². The topological polar surface area (TPSA) is 58.1 Å². The summed E-state index contributed by atoms with van der Waals surface area (Å²) in [4.78, 5) is 13.5. The van der Waals surface area contributed by atoms with E-state index >= 15 is 0 Å². The number of carbonyl (C=O) groups excluding carboxylic acids is 1. The van der Waals surface area contributed by atoms with Gasteiger partial charge in [0.15, 0.2) is 0 Å². The first-order valence-corrected chi connectivity index (χ1v) is 6.54. The van der Waals surface area contributed by atoms with E-state index in [1.807, 2.05) is 6.92 Å². The van der Waals surface area contributed by atoms with Crippen LogP contribution in [0.4, 0.5) is 15.2 Å². The molecule has 0 aliphatic heterocycles. The minimum Gasteiger partial charge on any atom is -0.360 e. The maximum atomic E-state index is 13.1. The molecule has 0 aliphatic carbocycles. The van der Waals surface area contributed by atoms with Crippen molar-refractivity contribution in [2.75, 3.05) is 23.8 Å². The van der Waals surface area contributed by atoms with Gasteiger partial charge >= 0.3 is 0 Å². The van der Waals surface area contributed by atoms with Crippen LogP contribution < -0.4 is 10.2 Å². The third kappa shape index (κ3) is 3.05. The summed E-state index contributed by atoms with van der Waals surface area (Å²) in [5.41, 5.74) is 0.477. The molecule has 0 aliphatic rings. The number of rotatable bonds is 4. The van der Waals surface area contributed by atoms with Crippen molar-refractivity contribution in [3.63, 3.8) is 0 Å². The monoisotopic (exact) mass is 280 g/mol. The number of nitrogens with one attached hydrogen (secondary N) is 1. The highest BCUT2D eigenvalue weighted by molar-refractivity contribution is 7.17. The minimum atomic E-state index is -0.386. The molecule has 0 bridgehead atoms. The van der Waals surface area contributed by atoms with Gasteiger partial charge in [-0.3, -0.25) is 4.79 Å². The number of anilines is 2. The van der Waals surface area contributed by atoms with Gasteiger partial charge in [0.05, 0.1) is 0 Å². The Bertz CT molecular complexity index is 587. The van der Waals surface area contributed by atoms with Gasteiger partial charge in [-0.2, -0.15) is 0 Å². The summed E-state index contributed by atoms with van der Waals surface area (Å²) < 4.78 is 13.1. The Balaban J connectivity index is 2.18. The Labute approximate surface area is 114 Å². The lowest BCUT2D eigenvalue weighted by atomic mass is 10.3. The third-order valence-corrected chi connectivity index (χ3v) is 3.31. The summed E-state index contributed by atoms with van der Waals surface area (Å²) in [7, 11) is 1.57. The normalized spacial score (nSPS) is 10.3. The molecule has 19 heavy (non-hydrogen) atoms. The van der Waals surface area contributed by atoms with Gasteiger partial charge in [-0.1, -0.05) is 17.4 Å². The van der Waals surface area contributed by atoms with Crippen molar-refractivity contribution in [3.05, 3.63) is 35.1 Å². The van der Waals surface area contributed by atoms with Crippen LogP contribution in [0, 0.1) is 5.82 Å². The van der Waals surface area contributed by atoms with E-state index in [1.54, 1.807) is 19.2 Å². The number of aromatic nitrogens is 2. The number of hydrogen-bond acceptors (Lipinski definition) is 5. The Morgan fingerprint density at radius 1 is 1.47 bits per heavy atom. The molecule has 1 aromatic heterocycles. The van der Waals surface area contributed by atoms with Crippen LogP contribution >= 0.6 is 11.3 Å². The molecule has 0 radical (unpaired) electrons. The van der Waals surface area contributed by atoms with E-state index in [2.05, 4.69) is 15.5 Å². The molecule has 5 nitrogen and oxygen atoms in total. The van der Waals surface area contributed by atoms with E-state index in [1.165, 1.54) is 28.4 Å². The average Bonchev–Trinajstić information content (AvgIpc) is 2.86. The summed E-state index contributed by atoms with van der Waals surface area (Å²) in [6, 6.07) is 5.84. The first kappa shape index (κ1) is 13.4. The van der Waals surface area contributed by atoms with Gasteiger partial charge in [0.25, 0.3) is 5.91 Å². The van der Waals surface area contributed by atoms with Crippen LogP contribution in [0.3, 0.4) is 0 Å². The molecule has 0 unspecified atom stereocenters. The highest BCUT2D eigenvalue weighted by atomic mass is 32.1. The molecular weight excluding hydrogens is 267 g/mol. The maximum absolute atomic E-state index is 13.1. The maximum Gasteiger partial charge on any atom is 0.289 e. The van der Waals surface area contributed by atoms with E-state index in [9.17, 15) is 9.18 Å². The van der Waals surface area contributed by atoms with Crippen molar-refractivity contribution in [1.82, 2.24) is 10.2 Å². The molecular formula is C12H13FN4OS. The molecule has 0 fully saturated rings. The first-order chi connectivity index (χ1) is 9.11. The van der Waals surface area contributed by atoms with Gasteiger partial charge in [-0.25, -0.2) is 4.39 Å². The van der Waals surface area contributed by atoms with Crippen molar-refractivity contribution in [1.29, 1.82) is 0 Å². The lowest BCUT2D eigenvalue weighted by Gasteiger charge is -2.15. The third-order valence-electron chi connectivity index (χ3n) is 2.44. The Hall–Kier alpha value is -2.02. The van der Waals surface area contributed by atoms with Gasteiger partial charge in [0.1, 0.15) is 5.82 Å². The predicted octanol–water partition coefficient (Wildman–Crippen LogP) is 2.39. The van der Waals surface area contributed by atoms with E-state index in [0.717, 1.165) is 0 Å². The van der Waals surface area contributed by atoms with Gasteiger partial charge in [-0.15, -0.1) is 10.2 Å². The second kappa shape index (κ2) is 5.75. The molecule has 0 saturated carbocycles. The van der Waals surface area contributed by atoms with Crippen LogP contribution in [-0.4, -0.2) is 29.7 Å². The molecule has 1 N–H and O–H groups in total. The van der Waals surface area contributed by atoms with Crippen LogP contribution in [0.2, 0.25) is 0 Å². The Morgan fingerprint density at radius 3 is 2.95 bits per heavy atom. The number of amides is 1. The molecule has 0 spiro atoms. The number of hydrogen-bond donors (Lipinski definition) is 1. The summed E-state index contributed by atoms with van der Waals surface area (Å²) in [5.74, 6) is -0.699. The van der Waals surface area contributed by atoms with Gasteiger partial charge in [0.2, 0.25) is 10.1 Å². The van der Waals surface area contributed by atoms with Crippen molar-refractivity contribution in [3.8, 4) is 0 Å². The molecule has 100 valence electrons. The number of halogens is 1. The average molecular weight is 280 g/mol. The predicted molar refractivity (Wildman–Crippen MR) is 73.2 cm³/mol. The SMILES string of the molecule is CCNc1nnc(C(=O)N(C)c2cccc(F)c2)s1. The van der Waals surface area contributed by atoms with E-state index in [-0.39, 0.29) is 16.7 Å². The van der Waals surface area contributed by atoms with Gasteiger partial charge in [0, 0.05) is 19.3 Å². The van der Waals surface area contributed by atoms with Crippen LogP contribution in [0.5, 0.6) is 0 Å². The van der Waals surface area contributed by atoms with Crippen molar-refractivity contribution in [2.45, 2.75) is 6.92 Å². The van der Waals surface area contributed by atoms with Crippen molar-refractivity contribution >= 4 is 28.1 Å². The van der Waals surface area contributed by atoms with Crippen LogP contribution in [-0.2, 0) is 0 Å².